The van der Waals surface area contributed by atoms with Crippen molar-refractivity contribution in [3.63, 3.8) is 0 Å². The standard InChI is InChI=1S/C9H11NOS/c1-9(4-2-7(11)6-9)8-3-5-12-10-8/h3,5H,2,4,6H2,1H3. The third-order valence-corrected chi connectivity index (χ3v) is 3.16. The number of rotatable bonds is 1. The molecule has 0 N–H and O–H groups in total. The Morgan fingerprint density at radius 2 is 2.50 bits per heavy atom. The highest BCUT2D eigenvalue weighted by Crippen LogP contribution is 2.38. The van der Waals surface area contributed by atoms with Gasteiger partial charge in [0, 0.05) is 23.6 Å². The number of ketones is 1. The average molecular weight is 181 g/mol. The van der Waals surface area contributed by atoms with Gasteiger partial charge in [-0.25, -0.2) is 0 Å². The Morgan fingerprint density at radius 3 is 3.00 bits per heavy atom. The molecule has 0 amide bonds. The van der Waals surface area contributed by atoms with Crippen molar-refractivity contribution >= 4 is 17.3 Å². The molecule has 0 saturated heterocycles. The third kappa shape index (κ3) is 1.18. The summed E-state index contributed by atoms with van der Waals surface area (Å²) in [5.41, 5.74) is 1.13. The van der Waals surface area contributed by atoms with Crippen LogP contribution in [0.5, 0.6) is 0 Å². The van der Waals surface area contributed by atoms with Crippen LogP contribution in [0.25, 0.3) is 0 Å². The van der Waals surface area contributed by atoms with Crippen molar-refractivity contribution in [1.29, 1.82) is 0 Å². The molecule has 1 heterocycles. The summed E-state index contributed by atoms with van der Waals surface area (Å²) in [6.45, 7) is 2.13. The molecular weight excluding hydrogens is 170 g/mol. The Bertz CT molecular complexity index is 293. The summed E-state index contributed by atoms with van der Waals surface area (Å²) in [4.78, 5) is 11.1. The van der Waals surface area contributed by atoms with Crippen LogP contribution in [0.1, 0.15) is 31.9 Å². The van der Waals surface area contributed by atoms with Crippen LogP contribution in [-0.2, 0) is 10.2 Å². The van der Waals surface area contributed by atoms with E-state index in [4.69, 9.17) is 0 Å². The molecule has 1 aliphatic rings. The SMILES string of the molecule is CC1(c2ccsn2)CCC(=O)C1. The molecule has 12 heavy (non-hydrogen) atoms. The van der Waals surface area contributed by atoms with Crippen molar-refractivity contribution in [3.05, 3.63) is 17.1 Å². The summed E-state index contributed by atoms with van der Waals surface area (Å²) in [6.07, 6.45) is 2.38. The molecule has 0 aliphatic heterocycles. The quantitative estimate of drug-likeness (QED) is 0.664. The molecule has 1 fully saturated rings. The molecule has 0 spiro atoms. The van der Waals surface area contributed by atoms with Gasteiger partial charge in [-0.05, 0) is 24.0 Å². The second-order valence-corrected chi connectivity index (χ2v) is 4.33. The molecule has 1 aliphatic carbocycles. The summed E-state index contributed by atoms with van der Waals surface area (Å²) in [6, 6.07) is 2.03. The highest BCUT2D eigenvalue weighted by atomic mass is 32.1. The lowest BCUT2D eigenvalue weighted by Crippen LogP contribution is -2.17. The van der Waals surface area contributed by atoms with Gasteiger partial charge in [0.05, 0.1) is 5.69 Å². The van der Waals surface area contributed by atoms with E-state index in [1.54, 1.807) is 0 Å². The van der Waals surface area contributed by atoms with Crippen LogP contribution >= 0.6 is 11.5 Å². The number of hydrogen-bond donors (Lipinski definition) is 0. The second kappa shape index (κ2) is 2.66. The van der Waals surface area contributed by atoms with E-state index in [2.05, 4.69) is 11.3 Å². The van der Waals surface area contributed by atoms with Gasteiger partial charge < -0.3 is 0 Å². The van der Waals surface area contributed by atoms with Crippen LogP contribution in [0.2, 0.25) is 0 Å². The molecule has 2 rings (SSSR count). The zero-order valence-corrected chi connectivity index (χ0v) is 7.86. The van der Waals surface area contributed by atoms with Crippen LogP contribution in [0.15, 0.2) is 11.4 Å². The Kier molecular flexibility index (Phi) is 1.76. The Hall–Kier alpha value is -0.700. The van der Waals surface area contributed by atoms with Gasteiger partial charge in [0.25, 0.3) is 0 Å². The summed E-state index contributed by atoms with van der Waals surface area (Å²) >= 11 is 1.46. The van der Waals surface area contributed by atoms with Crippen LogP contribution in [-0.4, -0.2) is 10.2 Å². The highest BCUT2D eigenvalue weighted by molar-refractivity contribution is 7.03. The van der Waals surface area contributed by atoms with Gasteiger partial charge in [-0.1, -0.05) is 6.92 Å². The Balaban J connectivity index is 2.28. The normalized spacial score (nSPS) is 29.6. The van der Waals surface area contributed by atoms with E-state index in [0.29, 0.717) is 12.2 Å². The van der Waals surface area contributed by atoms with Gasteiger partial charge in [0.2, 0.25) is 0 Å². The first-order valence-corrected chi connectivity index (χ1v) is 4.97. The molecule has 1 aromatic rings. The van der Waals surface area contributed by atoms with E-state index >= 15 is 0 Å². The van der Waals surface area contributed by atoms with Gasteiger partial charge in [0.1, 0.15) is 5.78 Å². The lowest BCUT2D eigenvalue weighted by molar-refractivity contribution is -0.117. The first-order valence-electron chi connectivity index (χ1n) is 4.13. The smallest absolute Gasteiger partial charge is 0.133 e. The van der Waals surface area contributed by atoms with E-state index in [9.17, 15) is 4.79 Å². The summed E-state index contributed by atoms with van der Waals surface area (Å²) in [5.74, 6) is 0.380. The van der Waals surface area contributed by atoms with Gasteiger partial charge in [-0.3, -0.25) is 4.79 Å². The topological polar surface area (TPSA) is 30.0 Å². The zero-order valence-electron chi connectivity index (χ0n) is 7.04. The second-order valence-electron chi connectivity index (χ2n) is 3.66. The van der Waals surface area contributed by atoms with E-state index in [0.717, 1.165) is 18.5 Å². The van der Waals surface area contributed by atoms with Gasteiger partial charge in [-0.15, -0.1) is 0 Å². The van der Waals surface area contributed by atoms with Crippen LogP contribution in [0, 0.1) is 0 Å². The van der Waals surface area contributed by atoms with E-state index in [-0.39, 0.29) is 5.41 Å². The zero-order chi connectivity index (χ0) is 8.60. The molecule has 64 valence electrons. The number of hydrogen-bond acceptors (Lipinski definition) is 3. The molecule has 1 unspecified atom stereocenters. The van der Waals surface area contributed by atoms with Crippen molar-refractivity contribution in [1.82, 2.24) is 4.37 Å². The number of nitrogens with zero attached hydrogens (tertiary/aromatic N) is 1. The molecule has 1 atom stereocenters. The summed E-state index contributed by atoms with van der Waals surface area (Å²) < 4.78 is 4.29. The lowest BCUT2D eigenvalue weighted by atomic mass is 9.85. The molecule has 0 aromatic carbocycles. The molecular formula is C9H11NOS. The predicted octanol–water partition coefficient (Wildman–Crippen LogP) is 2.15. The minimum atomic E-state index is 0.0388. The van der Waals surface area contributed by atoms with Gasteiger partial charge >= 0.3 is 0 Å². The Labute approximate surface area is 75.8 Å². The summed E-state index contributed by atoms with van der Waals surface area (Å²) in [7, 11) is 0. The largest absolute Gasteiger partial charge is 0.300 e. The summed E-state index contributed by atoms with van der Waals surface area (Å²) in [5, 5.41) is 1.98. The number of Topliss-reactive ketones (excluding diaryl/α,β-unsaturated/α-hetero) is 1. The maximum Gasteiger partial charge on any atom is 0.133 e. The van der Waals surface area contributed by atoms with Crippen molar-refractivity contribution in [2.75, 3.05) is 0 Å². The van der Waals surface area contributed by atoms with Crippen LogP contribution in [0.4, 0.5) is 0 Å². The monoisotopic (exact) mass is 181 g/mol. The minimum Gasteiger partial charge on any atom is -0.300 e. The fraction of sp³-hybridized carbons (Fsp3) is 0.556. The number of carbonyl (C=O) groups is 1. The van der Waals surface area contributed by atoms with E-state index in [1.807, 2.05) is 11.4 Å². The highest BCUT2D eigenvalue weighted by Gasteiger charge is 2.36. The molecule has 0 bridgehead atoms. The fourth-order valence-corrected chi connectivity index (χ4v) is 2.42. The van der Waals surface area contributed by atoms with Crippen LogP contribution < -0.4 is 0 Å². The first-order chi connectivity index (χ1) is 5.71. The maximum absolute atomic E-state index is 11.1. The van der Waals surface area contributed by atoms with Gasteiger partial charge in [0.15, 0.2) is 0 Å². The van der Waals surface area contributed by atoms with Crippen molar-refractivity contribution in [3.8, 4) is 0 Å². The third-order valence-electron chi connectivity index (χ3n) is 2.60. The van der Waals surface area contributed by atoms with E-state index < -0.39 is 0 Å². The molecule has 3 heteroatoms. The first kappa shape index (κ1) is 7.92. The van der Waals surface area contributed by atoms with Crippen molar-refractivity contribution in [2.45, 2.75) is 31.6 Å². The average Bonchev–Trinajstić information content (AvgIpc) is 2.59. The Morgan fingerprint density at radius 1 is 1.67 bits per heavy atom. The van der Waals surface area contributed by atoms with Crippen molar-refractivity contribution < 1.29 is 4.79 Å². The molecule has 2 nitrogen and oxygen atoms in total. The van der Waals surface area contributed by atoms with Crippen molar-refractivity contribution in [2.24, 2.45) is 0 Å². The molecule has 1 saturated carbocycles. The van der Waals surface area contributed by atoms with E-state index in [1.165, 1.54) is 11.5 Å². The number of aromatic nitrogens is 1. The molecule has 0 radical (unpaired) electrons. The predicted molar refractivity (Wildman–Crippen MR) is 48.3 cm³/mol. The van der Waals surface area contributed by atoms with Gasteiger partial charge in [-0.2, -0.15) is 4.37 Å². The fourth-order valence-electron chi connectivity index (χ4n) is 1.77. The minimum absolute atomic E-state index is 0.0388. The molecule has 1 aromatic heterocycles. The number of carbonyl (C=O) groups excluding carboxylic acids is 1. The lowest BCUT2D eigenvalue weighted by Gasteiger charge is -2.18. The van der Waals surface area contributed by atoms with Crippen LogP contribution in [0.3, 0.4) is 0 Å². The maximum atomic E-state index is 11.1.